The van der Waals surface area contributed by atoms with Crippen molar-refractivity contribution in [1.29, 1.82) is 0 Å². The fourth-order valence-corrected chi connectivity index (χ4v) is 2.66. The minimum absolute atomic E-state index is 0.0164. The molecular formula is C21H30N6O3. The first-order valence-corrected chi connectivity index (χ1v) is 10.2. The van der Waals surface area contributed by atoms with Crippen LogP contribution in [0.5, 0.6) is 0 Å². The number of aliphatic hydroxyl groups excluding tert-OH is 1. The Morgan fingerprint density at radius 2 is 2.07 bits per heavy atom. The van der Waals surface area contributed by atoms with Crippen LogP contribution in [0, 0.1) is 23.0 Å². The SMILES string of the molecule is CCC(C)CC=Nc1c(C)nc(NC(CC)CO)nc1Nc1cccc([N+](=O)[O-])c1. The van der Waals surface area contributed by atoms with Crippen molar-refractivity contribution >= 4 is 35.0 Å². The summed E-state index contributed by atoms with van der Waals surface area (Å²) >= 11 is 0. The maximum atomic E-state index is 11.1. The van der Waals surface area contributed by atoms with Crippen molar-refractivity contribution in [2.75, 3.05) is 17.2 Å². The van der Waals surface area contributed by atoms with Crippen LogP contribution in [0.1, 0.15) is 45.7 Å². The predicted molar refractivity (Wildman–Crippen MR) is 120 cm³/mol. The molecule has 1 aromatic heterocycles. The smallest absolute Gasteiger partial charge is 0.271 e. The third-order valence-corrected chi connectivity index (χ3v) is 4.85. The van der Waals surface area contributed by atoms with Gasteiger partial charge in [0.25, 0.3) is 5.69 Å². The molecule has 0 spiro atoms. The summed E-state index contributed by atoms with van der Waals surface area (Å²) in [5, 5.41) is 26.8. The van der Waals surface area contributed by atoms with Gasteiger partial charge in [-0.2, -0.15) is 4.98 Å². The van der Waals surface area contributed by atoms with E-state index < -0.39 is 4.92 Å². The summed E-state index contributed by atoms with van der Waals surface area (Å²) in [7, 11) is 0. The zero-order chi connectivity index (χ0) is 22.1. The number of hydrogen-bond acceptors (Lipinski definition) is 8. The molecule has 0 fully saturated rings. The van der Waals surface area contributed by atoms with Gasteiger partial charge in [-0.25, -0.2) is 4.98 Å². The number of nitrogens with one attached hydrogen (secondary N) is 2. The van der Waals surface area contributed by atoms with E-state index in [2.05, 4.69) is 39.4 Å². The van der Waals surface area contributed by atoms with Gasteiger partial charge in [0.2, 0.25) is 5.95 Å². The van der Waals surface area contributed by atoms with E-state index in [9.17, 15) is 15.2 Å². The molecule has 162 valence electrons. The number of aliphatic imine (C=N–C) groups is 1. The third-order valence-electron chi connectivity index (χ3n) is 4.85. The molecule has 2 aromatic rings. The van der Waals surface area contributed by atoms with Gasteiger partial charge in [-0.15, -0.1) is 0 Å². The molecule has 3 N–H and O–H groups in total. The molecule has 0 saturated carbocycles. The predicted octanol–water partition coefficient (Wildman–Crippen LogP) is 4.76. The highest BCUT2D eigenvalue weighted by Crippen LogP contribution is 2.31. The average molecular weight is 415 g/mol. The lowest BCUT2D eigenvalue weighted by molar-refractivity contribution is -0.384. The Labute approximate surface area is 176 Å². The van der Waals surface area contributed by atoms with Crippen molar-refractivity contribution in [3.8, 4) is 0 Å². The fraction of sp³-hybridized carbons (Fsp3) is 0.476. The van der Waals surface area contributed by atoms with E-state index in [1.54, 1.807) is 12.1 Å². The Morgan fingerprint density at radius 3 is 2.70 bits per heavy atom. The van der Waals surface area contributed by atoms with Crippen molar-refractivity contribution in [2.45, 2.75) is 53.0 Å². The van der Waals surface area contributed by atoms with Crippen LogP contribution in [0.4, 0.5) is 28.8 Å². The largest absolute Gasteiger partial charge is 0.394 e. The maximum absolute atomic E-state index is 11.1. The number of benzene rings is 1. The molecule has 9 nitrogen and oxygen atoms in total. The van der Waals surface area contributed by atoms with Gasteiger partial charge in [-0.1, -0.05) is 33.3 Å². The van der Waals surface area contributed by atoms with Gasteiger partial charge in [0.15, 0.2) is 5.82 Å². The molecule has 0 saturated heterocycles. The van der Waals surface area contributed by atoms with Crippen molar-refractivity contribution < 1.29 is 10.0 Å². The molecule has 0 radical (unpaired) electrons. The van der Waals surface area contributed by atoms with E-state index in [1.165, 1.54) is 12.1 Å². The number of anilines is 3. The summed E-state index contributed by atoms with van der Waals surface area (Å²) in [6.07, 6.45) is 4.45. The summed E-state index contributed by atoms with van der Waals surface area (Å²) in [6, 6.07) is 6.04. The maximum Gasteiger partial charge on any atom is 0.271 e. The molecule has 30 heavy (non-hydrogen) atoms. The lowest BCUT2D eigenvalue weighted by Gasteiger charge is -2.17. The number of non-ortho nitro benzene ring substituents is 1. The highest BCUT2D eigenvalue weighted by molar-refractivity contribution is 5.76. The van der Waals surface area contributed by atoms with Gasteiger partial charge >= 0.3 is 0 Å². The summed E-state index contributed by atoms with van der Waals surface area (Å²) in [5.41, 5.74) is 1.75. The zero-order valence-electron chi connectivity index (χ0n) is 17.9. The van der Waals surface area contributed by atoms with Crippen LogP contribution in [0.3, 0.4) is 0 Å². The fourth-order valence-electron chi connectivity index (χ4n) is 2.66. The van der Waals surface area contributed by atoms with Crippen molar-refractivity contribution in [3.05, 3.63) is 40.1 Å². The first-order valence-electron chi connectivity index (χ1n) is 10.2. The van der Waals surface area contributed by atoms with Gasteiger partial charge in [0.05, 0.1) is 23.3 Å². The Kier molecular flexibility index (Phi) is 8.67. The van der Waals surface area contributed by atoms with Crippen LogP contribution in [0.15, 0.2) is 29.3 Å². The van der Waals surface area contributed by atoms with Crippen molar-refractivity contribution in [2.24, 2.45) is 10.9 Å². The van der Waals surface area contributed by atoms with Gasteiger partial charge in [-0.05, 0) is 31.7 Å². The van der Waals surface area contributed by atoms with Crippen LogP contribution in [0.25, 0.3) is 0 Å². The molecule has 0 aliphatic rings. The molecule has 2 atom stereocenters. The van der Waals surface area contributed by atoms with Gasteiger partial charge in [0, 0.05) is 24.0 Å². The normalized spacial score (nSPS) is 13.2. The highest BCUT2D eigenvalue weighted by atomic mass is 16.6. The monoisotopic (exact) mass is 414 g/mol. The molecule has 2 unspecified atom stereocenters. The number of aromatic nitrogens is 2. The van der Waals surface area contributed by atoms with Crippen LogP contribution < -0.4 is 10.6 Å². The van der Waals surface area contributed by atoms with Crippen LogP contribution in [-0.4, -0.2) is 38.9 Å². The number of rotatable bonds is 11. The summed E-state index contributed by atoms with van der Waals surface area (Å²) < 4.78 is 0. The van der Waals surface area contributed by atoms with Crippen LogP contribution >= 0.6 is 0 Å². The molecular weight excluding hydrogens is 384 g/mol. The topological polar surface area (TPSA) is 126 Å². The molecule has 0 bridgehead atoms. The average Bonchev–Trinajstić information content (AvgIpc) is 2.73. The first-order chi connectivity index (χ1) is 14.4. The van der Waals surface area contributed by atoms with E-state index in [0.29, 0.717) is 41.2 Å². The highest BCUT2D eigenvalue weighted by Gasteiger charge is 2.15. The van der Waals surface area contributed by atoms with Crippen LogP contribution in [0.2, 0.25) is 0 Å². The summed E-state index contributed by atoms with van der Waals surface area (Å²) in [6.45, 7) is 8.04. The van der Waals surface area contributed by atoms with Crippen LogP contribution in [-0.2, 0) is 0 Å². The molecule has 1 heterocycles. The Morgan fingerprint density at radius 1 is 1.30 bits per heavy atom. The number of aryl methyl sites for hydroxylation is 1. The second-order valence-electron chi connectivity index (χ2n) is 7.26. The van der Waals surface area contributed by atoms with Gasteiger partial charge < -0.3 is 15.7 Å². The van der Waals surface area contributed by atoms with Gasteiger partial charge in [-0.3, -0.25) is 15.1 Å². The second-order valence-corrected chi connectivity index (χ2v) is 7.26. The second kappa shape index (κ2) is 11.2. The number of nitro groups is 1. The number of nitrogens with zero attached hydrogens (tertiary/aromatic N) is 4. The van der Waals surface area contributed by atoms with Crippen molar-refractivity contribution in [3.63, 3.8) is 0 Å². The Bertz CT molecular complexity index is 883. The lowest BCUT2D eigenvalue weighted by atomic mass is 10.1. The van der Waals surface area contributed by atoms with Gasteiger partial charge in [0.1, 0.15) is 5.69 Å². The molecule has 0 aliphatic carbocycles. The van der Waals surface area contributed by atoms with E-state index in [0.717, 1.165) is 12.8 Å². The molecule has 9 heteroatoms. The Balaban J connectivity index is 2.42. The molecule has 2 rings (SSSR count). The quantitative estimate of drug-likeness (QED) is 0.275. The summed E-state index contributed by atoms with van der Waals surface area (Å²) in [5.74, 6) is 1.32. The van der Waals surface area contributed by atoms with Crippen molar-refractivity contribution in [1.82, 2.24) is 9.97 Å². The first kappa shape index (κ1) is 23.2. The Hall–Kier alpha value is -3.07. The minimum Gasteiger partial charge on any atom is -0.394 e. The van der Waals surface area contributed by atoms with E-state index in [1.807, 2.05) is 20.1 Å². The zero-order valence-corrected chi connectivity index (χ0v) is 17.9. The number of hydrogen-bond donors (Lipinski definition) is 3. The standard InChI is InChI=1S/C21H30N6O3/c1-5-14(3)10-11-22-19-15(4)23-21(25-16(6-2)13-28)26-20(19)24-17-8-7-9-18(12-17)27(29)30/h7-9,11-12,14,16,28H,5-6,10,13H2,1-4H3,(H2,23,24,25,26). The van der Waals surface area contributed by atoms with E-state index in [4.69, 9.17) is 0 Å². The molecule has 1 aromatic carbocycles. The number of nitro benzene ring substituents is 1. The number of aliphatic hydroxyl groups is 1. The van der Waals surface area contributed by atoms with E-state index >= 15 is 0 Å². The lowest BCUT2D eigenvalue weighted by Crippen LogP contribution is -2.24. The third kappa shape index (κ3) is 6.48. The molecule has 0 amide bonds. The summed E-state index contributed by atoms with van der Waals surface area (Å²) in [4.78, 5) is 24.2. The molecule has 0 aliphatic heterocycles. The van der Waals surface area contributed by atoms with E-state index in [-0.39, 0.29) is 18.3 Å². The minimum atomic E-state index is -0.443.